The molecule has 1 atom stereocenters. The molecule has 0 aliphatic carbocycles. The SMILES string of the molecule is Cl.NC(CC(=O)O)c1cccc(Oc2ccc(Cl)c(Cl)c2)c1. The number of rotatable bonds is 5. The number of carbonyl (C=O) groups is 1. The van der Waals surface area contributed by atoms with Crippen LogP contribution in [0.4, 0.5) is 0 Å². The molecular weight excluding hydrogens is 349 g/mol. The average molecular weight is 363 g/mol. The summed E-state index contributed by atoms with van der Waals surface area (Å²) < 4.78 is 5.66. The molecule has 118 valence electrons. The summed E-state index contributed by atoms with van der Waals surface area (Å²) in [6, 6.07) is 11.3. The molecule has 0 aliphatic rings. The van der Waals surface area contributed by atoms with E-state index in [4.69, 9.17) is 38.8 Å². The summed E-state index contributed by atoms with van der Waals surface area (Å²) in [6.45, 7) is 0. The first kappa shape index (κ1) is 18.6. The Bertz CT molecular complexity index is 664. The average Bonchev–Trinajstić information content (AvgIpc) is 2.42. The maximum Gasteiger partial charge on any atom is 0.305 e. The first-order valence-corrected chi connectivity index (χ1v) is 6.91. The van der Waals surface area contributed by atoms with Crippen LogP contribution < -0.4 is 10.5 Å². The van der Waals surface area contributed by atoms with E-state index in [1.807, 2.05) is 0 Å². The van der Waals surface area contributed by atoms with E-state index in [1.54, 1.807) is 42.5 Å². The number of aliphatic carboxylic acids is 1. The van der Waals surface area contributed by atoms with E-state index in [-0.39, 0.29) is 18.8 Å². The zero-order chi connectivity index (χ0) is 15.4. The Morgan fingerprint density at radius 2 is 1.82 bits per heavy atom. The summed E-state index contributed by atoms with van der Waals surface area (Å²) in [5, 5.41) is 9.61. The summed E-state index contributed by atoms with van der Waals surface area (Å²) in [5.74, 6) is 0.137. The molecule has 0 spiro atoms. The summed E-state index contributed by atoms with van der Waals surface area (Å²) in [5.41, 5.74) is 6.52. The van der Waals surface area contributed by atoms with E-state index < -0.39 is 12.0 Å². The Labute approximate surface area is 144 Å². The molecule has 7 heteroatoms. The largest absolute Gasteiger partial charge is 0.481 e. The molecule has 0 radical (unpaired) electrons. The van der Waals surface area contributed by atoms with E-state index in [0.29, 0.717) is 27.1 Å². The highest BCUT2D eigenvalue weighted by Gasteiger charge is 2.11. The van der Waals surface area contributed by atoms with Gasteiger partial charge in [0.25, 0.3) is 0 Å². The quantitative estimate of drug-likeness (QED) is 0.810. The molecule has 3 N–H and O–H groups in total. The van der Waals surface area contributed by atoms with Crippen LogP contribution in [0.5, 0.6) is 11.5 Å². The fraction of sp³-hybridized carbons (Fsp3) is 0.133. The fourth-order valence-corrected chi connectivity index (χ4v) is 2.08. The lowest BCUT2D eigenvalue weighted by Crippen LogP contribution is -2.14. The summed E-state index contributed by atoms with van der Waals surface area (Å²) in [7, 11) is 0. The standard InChI is InChI=1S/C15H13Cl2NO3.ClH/c16-12-5-4-11(7-13(12)17)21-10-3-1-2-9(6-10)14(18)8-15(19)20;/h1-7,14H,8,18H2,(H,19,20);1H. The Kier molecular flexibility index (Phi) is 6.97. The maximum atomic E-state index is 10.7. The van der Waals surface area contributed by atoms with Crippen molar-refractivity contribution in [1.29, 1.82) is 0 Å². The van der Waals surface area contributed by atoms with Crippen LogP contribution in [0.3, 0.4) is 0 Å². The van der Waals surface area contributed by atoms with Crippen LogP contribution in [0.1, 0.15) is 18.0 Å². The molecule has 2 aromatic rings. The van der Waals surface area contributed by atoms with Gasteiger partial charge >= 0.3 is 5.97 Å². The molecular formula is C15H14Cl3NO3. The molecule has 0 aliphatic heterocycles. The Hall–Kier alpha value is -1.46. The smallest absolute Gasteiger partial charge is 0.305 e. The number of halogens is 3. The highest BCUT2D eigenvalue weighted by Crippen LogP contribution is 2.30. The van der Waals surface area contributed by atoms with Crippen LogP contribution in [0.25, 0.3) is 0 Å². The predicted octanol–water partition coefficient (Wildman–Crippen LogP) is 4.68. The topological polar surface area (TPSA) is 72.6 Å². The normalized spacial score (nSPS) is 11.4. The van der Waals surface area contributed by atoms with E-state index in [9.17, 15) is 4.79 Å². The van der Waals surface area contributed by atoms with Gasteiger partial charge in [0.05, 0.1) is 16.5 Å². The van der Waals surface area contributed by atoms with E-state index in [1.165, 1.54) is 0 Å². The van der Waals surface area contributed by atoms with E-state index in [0.717, 1.165) is 0 Å². The molecule has 0 fully saturated rings. The third kappa shape index (κ3) is 5.07. The monoisotopic (exact) mass is 361 g/mol. The van der Waals surface area contributed by atoms with Gasteiger partial charge in [-0.1, -0.05) is 35.3 Å². The van der Waals surface area contributed by atoms with Crippen LogP contribution >= 0.6 is 35.6 Å². The lowest BCUT2D eigenvalue weighted by molar-refractivity contribution is -0.137. The van der Waals surface area contributed by atoms with Crippen molar-refractivity contribution in [3.8, 4) is 11.5 Å². The molecule has 0 saturated carbocycles. The lowest BCUT2D eigenvalue weighted by Gasteiger charge is -2.12. The molecule has 2 rings (SSSR count). The number of nitrogens with two attached hydrogens (primary N) is 1. The van der Waals surface area contributed by atoms with Gasteiger partial charge in [-0.05, 0) is 29.8 Å². The van der Waals surface area contributed by atoms with Crippen LogP contribution in [-0.2, 0) is 4.79 Å². The van der Waals surface area contributed by atoms with Gasteiger partial charge in [-0.25, -0.2) is 0 Å². The van der Waals surface area contributed by atoms with Gasteiger partial charge in [-0.2, -0.15) is 0 Å². The highest BCUT2D eigenvalue weighted by molar-refractivity contribution is 6.42. The first-order chi connectivity index (χ1) is 9.95. The second-order valence-electron chi connectivity index (χ2n) is 4.45. The van der Waals surface area contributed by atoms with Crippen LogP contribution in [-0.4, -0.2) is 11.1 Å². The highest BCUT2D eigenvalue weighted by atomic mass is 35.5. The molecule has 4 nitrogen and oxygen atoms in total. The second kappa shape index (κ2) is 8.25. The molecule has 22 heavy (non-hydrogen) atoms. The number of hydrogen-bond donors (Lipinski definition) is 2. The lowest BCUT2D eigenvalue weighted by atomic mass is 10.0. The van der Waals surface area contributed by atoms with Gasteiger partial charge in [-0.3, -0.25) is 4.79 Å². The Morgan fingerprint density at radius 3 is 2.45 bits per heavy atom. The van der Waals surface area contributed by atoms with Crippen molar-refractivity contribution >= 4 is 41.6 Å². The van der Waals surface area contributed by atoms with Gasteiger partial charge in [0, 0.05) is 12.1 Å². The molecule has 0 bridgehead atoms. The minimum absolute atomic E-state index is 0. The zero-order valence-electron chi connectivity index (χ0n) is 11.3. The minimum atomic E-state index is -0.946. The van der Waals surface area contributed by atoms with Crippen LogP contribution in [0, 0.1) is 0 Å². The minimum Gasteiger partial charge on any atom is -0.481 e. The van der Waals surface area contributed by atoms with Crippen molar-refractivity contribution < 1.29 is 14.6 Å². The van der Waals surface area contributed by atoms with Crippen molar-refractivity contribution in [2.24, 2.45) is 5.73 Å². The molecule has 0 aromatic heterocycles. The van der Waals surface area contributed by atoms with Crippen molar-refractivity contribution in [3.05, 3.63) is 58.1 Å². The van der Waals surface area contributed by atoms with Crippen molar-refractivity contribution in [2.75, 3.05) is 0 Å². The third-order valence-corrected chi connectivity index (χ3v) is 3.55. The molecule has 0 amide bonds. The summed E-state index contributed by atoms with van der Waals surface area (Å²) in [4.78, 5) is 10.7. The van der Waals surface area contributed by atoms with E-state index in [2.05, 4.69) is 0 Å². The number of hydrogen-bond acceptors (Lipinski definition) is 3. The third-order valence-electron chi connectivity index (χ3n) is 2.81. The number of carboxylic acid groups (broad SMARTS) is 1. The fourth-order valence-electron chi connectivity index (χ4n) is 1.79. The van der Waals surface area contributed by atoms with Gasteiger partial charge in [0.15, 0.2) is 0 Å². The number of ether oxygens (including phenoxy) is 1. The van der Waals surface area contributed by atoms with Gasteiger partial charge in [0.2, 0.25) is 0 Å². The molecule has 1 unspecified atom stereocenters. The molecule has 0 heterocycles. The van der Waals surface area contributed by atoms with Gasteiger partial charge in [-0.15, -0.1) is 12.4 Å². The van der Waals surface area contributed by atoms with Crippen LogP contribution in [0.15, 0.2) is 42.5 Å². The molecule has 2 aromatic carbocycles. The van der Waals surface area contributed by atoms with Gasteiger partial charge < -0.3 is 15.6 Å². The first-order valence-electron chi connectivity index (χ1n) is 6.16. The second-order valence-corrected chi connectivity index (χ2v) is 5.27. The summed E-state index contributed by atoms with van der Waals surface area (Å²) >= 11 is 11.8. The summed E-state index contributed by atoms with van der Waals surface area (Å²) in [6.07, 6.45) is -0.143. The Morgan fingerprint density at radius 1 is 1.14 bits per heavy atom. The van der Waals surface area contributed by atoms with Crippen LogP contribution in [0.2, 0.25) is 10.0 Å². The van der Waals surface area contributed by atoms with Crippen molar-refractivity contribution in [2.45, 2.75) is 12.5 Å². The van der Waals surface area contributed by atoms with Crippen molar-refractivity contribution in [3.63, 3.8) is 0 Å². The predicted molar refractivity (Wildman–Crippen MR) is 89.4 cm³/mol. The number of carboxylic acids is 1. The Balaban J connectivity index is 0.00000242. The molecule has 0 saturated heterocycles. The maximum absolute atomic E-state index is 10.7. The van der Waals surface area contributed by atoms with E-state index >= 15 is 0 Å². The number of benzene rings is 2. The zero-order valence-corrected chi connectivity index (χ0v) is 13.7. The van der Waals surface area contributed by atoms with Crippen molar-refractivity contribution in [1.82, 2.24) is 0 Å². The van der Waals surface area contributed by atoms with Gasteiger partial charge in [0.1, 0.15) is 11.5 Å².